The first-order chi connectivity index (χ1) is 8.29. The highest BCUT2D eigenvalue weighted by molar-refractivity contribution is 7.76. The Balaban J connectivity index is 2.65. The van der Waals surface area contributed by atoms with Crippen LogP contribution < -0.4 is 5.63 Å². The molecule has 0 radical (unpaired) electrons. The fourth-order valence-corrected chi connectivity index (χ4v) is 2.12. The van der Waals surface area contributed by atoms with Crippen LogP contribution in [0.1, 0.15) is 15.9 Å². The molecule has 0 spiro atoms. The lowest BCUT2D eigenvalue weighted by molar-refractivity contribution is 0.102. The Morgan fingerprint density at radius 2 is 1.89 bits per heavy atom. The largest absolute Gasteiger partial charge is 0.483 e. The molecule has 3 N–H and O–H groups in total. The van der Waals surface area contributed by atoms with Crippen LogP contribution in [0.2, 0.25) is 0 Å². The van der Waals surface area contributed by atoms with Crippen molar-refractivity contribution in [3.05, 3.63) is 45.8 Å². The molecule has 0 saturated heterocycles. The van der Waals surface area contributed by atoms with Crippen LogP contribution in [0.5, 0.6) is 0 Å². The third-order valence-corrected chi connectivity index (χ3v) is 3.27. The van der Waals surface area contributed by atoms with Crippen molar-refractivity contribution < 1.29 is 23.9 Å². The average Bonchev–Trinajstić information content (AvgIpc) is 2.25. The molecule has 0 aliphatic heterocycles. The molecule has 0 aliphatic carbocycles. The smallest absolute Gasteiger partial charge is 0.423 e. The zero-order valence-corrected chi connectivity index (χ0v) is 10.2. The zero-order valence-electron chi connectivity index (χ0n) is 9.32. The van der Waals surface area contributed by atoms with E-state index >= 15 is 0 Å². The lowest BCUT2D eigenvalue weighted by Crippen LogP contribution is -2.06. The summed E-state index contributed by atoms with van der Waals surface area (Å²) < 4.78 is 4.91. The third kappa shape index (κ3) is 2.32. The first-order valence-corrected chi connectivity index (χ1v) is 6.60. The van der Waals surface area contributed by atoms with Gasteiger partial charge in [-0.25, -0.2) is 9.59 Å². The van der Waals surface area contributed by atoms with E-state index in [0.717, 1.165) is 0 Å². The van der Waals surface area contributed by atoms with E-state index < -0.39 is 19.1 Å². The van der Waals surface area contributed by atoms with Gasteiger partial charge < -0.3 is 4.42 Å². The van der Waals surface area contributed by atoms with Crippen molar-refractivity contribution in [3.63, 3.8) is 0 Å². The number of carbonyl (C=O) groups is 1. The van der Waals surface area contributed by atoms with E-state index in [0.29, 0.717) is 10.9 Å². The Kier molecular flexibility index (Phi) is 3.04. The van der Waals surface area contributed by atoms with E-state index in [1.54, 1.807) is 6.92 Å². The first kappa shape index (κ1) is 12.9. The summed E-state index contributed by atoms with van der Waals surface area (Å²) in [6.07, 6.45) is 0. The molecule has 1 aromatic carbocycles. The molecule has 0 fully saturated rings. The molecule has 0 saturated carbocycles. The molecule has 0 aliphatic rings. The van der Waals surface area contributed by atoms with Crippen LogP contribution in [0, 0.1) is 6.92 Å². The van der Waals surface area contributed by atoms with E-state index in [9.17, 15) is 9.59 Å². The predicted molar refractivity (Wildman–Crippen MR) is 65.1 cm³/mol. The van der Waals surface area contributed by atoms with E-state index in [2.05, 4.69) is 0 Å². The summed E-state index contributed by atoms with van der Waals surface area (Å²) in [5.74, 6) is 0. The van der Waals surface area contributed by atoms with Gasteiger partial charge in [-0.05, 0) is 24.6 Å². The summed E-state index contributed by atoms with van der Waals surface area (Å²) >= 11 is 0. The Morgan fingerprint density at radius 3 is 2.50 bits per heavy atom. The maximum atomic E-state index is 11.5. The van der Waals surface area contributed by atoms with Gasteiger partial charge >= 0.3 is 19.1 Å². The number of benzene rings is 1. The Morgan fingerprint density at radius 1 is 1.22 bits per heavy atom. The summed E-state index contributed by atoms with van der Waals surface area (Å²) in [6.45, 7) is 1.71. The van der Waals surface area contributed by atoms with E-state index in [-0.39, 0.29) is 11.1 Å². The predicted octanol–water partition coefficient (Wildman–Crippen LogP) is 0.981. The molecule has 0 amide bonds. The van der Waals surface area contributed by atoms with Crippen molar-refractivity contribution in [2.24, 2.45) is 0 Å². The van der Waals surface area contributed by atoms with Crippen LogP contribution in [0.15, 0.2) is 33.5 Å². The van der Waals surface area contributed by atoms with Crippen LogP contribution in [-0.2, 0) is 0 Å². The van der Waals surface area contributed by atoms with Crippen LogP contribution in [-0.4, -0.2) is 20.2 Å². The minimum atomic E-state index is -4.59. The number of rotatable bonds is 2. The monoisotopic (exact) mass is 269 g/mol. The Labute approximate surface area is 102 Å². The summed E-state index contributed by atoms with van der Waals surface area (Å²) in [4.78, 5) is 49.4. The van der Waals surface area contributed by atoms with Crippen molar-refractivity contribution in [2.75, 3.05) is 0 Å². The Hall–Kier alpha value is -1.59. The van der Waals surface area contributed by atoms with Gasteiger partial charge in [0.05, 0.1) is 5.56 Å². The van der Waals surface area contributed by atoms with Crippen molar-refractivity contribution in [2.45, 2.75) is 6.92 Å². The number of fused-ring (bicyclic) bond motifs is 1. The second-order valence-electron chi connectivity index (χ2n) is 3.83. The van der Waals surface area contributed by atoms with E-state index in [1.807, 2.05) is 0 Å². The van der Waals surface area contributed by atoms with Crippen LogP contribution in [0.4, 0.5) is 0 Å². The molecule has 18 heavy (non-hydrogen) atoms. The molecule has 0 bridgehead atoms. The third-order valence-electron chi connectivity index (χ3n) is 2.47. The molecular weight excluding hydrogens is 259 g/mol. The standard InChI is InChI=1S/C11H10O6P/c1-6-4-10(12)17-9-5-7(2-3-8(6)9)11(13)18(14,15)16/h2-5,14-16H,1H3/q+1. The van der Waals surface area contributed by atoms with E-state index in [1.165, 1.54) is 24.3 Å². The summed E-state index contributed by atoms with van der Waals surface area (Å²) in [7, 11) is -4.59. The van der Waals surface area contributed by atoms with Crippen molar-refractivity contribution in [1.29, 1.82) is 0 Å². The quantitative estimate of drug-likeness (QED) is 0.554. The number of hydrogen-bond acceptors (Lipinski definition) is 6. The molecular formula is C11H10O6P+. The van der Waals surface area contributed by atoms with Gasteiger partial charge in [0.25, 0.3) is 0 Å². The maximum Gasteiger partial charge on any atom is 0.483 e. The zero-order chi connectivity index (χ0) is 13.5. The highest BCUT2D eigenvalue weighted by atomic mass is 31.2. The molecule has 1 aromatic heterocycles. The lowest BCUT2D eigenvalue weighted by Gasteiger charge is -2.04. The molecule has 0 atom stereocenters. The number of hydrogen-bond donors (Lipinski definition) is 3. The summed E-state index contributed by atoms with van der Waals surface area (Å²) in [5.41, 5.74) is -1.05. The van der Waals surface area contributed by atoms with Gasteiger partial charge in [0.2, 0.25) is 0 Å². The molecule has 94 valence electrons. The SMILES string of the molecule is Cc1cc(=O)oc2cc(C(=O)[P+](O)(O)O)ccc12. The molecule has 2 rings (SSSR count). The van der Waals surface area contributed by atoms with Gasteiger partial charge in [-0.1, -0.05) is 6.07 Å². The molecule has 0 unspecified atom stereocenters. The van der Waals surface area contributed by atoms with Gasteiger partial charge in [-0.2, -0.15) is 14.7 Å². The topological polar surface area (TPSA) is 108 Å². The molecule has 6 nitrogen and oxygen atoms in total. The van der Waals surface area contributed by atoms with Gasteiger partial charge in [0.1, 0.15) is 5.58 Å². The molecule has 7 heteroatoms. The second-order valence-corrected chi connectivity index (χ2v) is 5.38. The summed E-state index contributed by atoms with van der Waals surface area (Å²) in [5, 5.41) is 0.629. The van der Waals surface area contributed by atoms with Crippen molar-refractivity contribution in [1.82, 2.24) is 0 Å². The van der Waals surface area contributed by atoms with Crippen LogP contribution in [0.3, 0.4) is 0 Å². The lowest BCUT2D eigenvalue weighted by atomic mass is 10.1. The molecule has 2 aromatic rings. The van der Waals surface area contributed by atoms with Crippen LogP contribution in [0.25, 0.3) is 11.0 Å². The maximum absolute atomic E-state index is 11.5. The van der Waals surface area contributed by atoms with E-state index in [4.69, 9.17) is 19.1 Å². The molecule has 1 heterocycles. The number of aryl methyl sites for hydroxylation is 1. The number of carbonyl (C=O) groups excluding carboxylic acids is 1. The minimum Gasteiger partial charge on any atom is -0.423 e. The highest BCUT2D eigenvalue weighted by Gasteiger charge is 2.43. The minimum absolute atomic E-state index is 0.128. The van der Waals surface area contributed by atoms with Crippen molar-refractivity contribution in [3.8, 4) is 0 Å². The average molecular weight is 269 g/mol. The van der Waals surface area contributed by atoms with Gasteiger partial charge in [0.15, 0.2) is 0 Å². The van der Waals surface area contributed by atoms with Crippen molar-refractivity contribution >= 4 is 24.4 Å². The van der Waals surface area contributed by atoms with Gasteiger partial charge in [-0.15, -0.1) is 0 Å². The second kappa shape index (κ2) is 4.26. The fourth-order valence-electron chi connectivity index (χ4n) is 1.63. The van der Waals surface area contributed by atoms with Gasteiger partial charge in [0, 0.05) is 11.5 Å². The summed E-state index contributed by atoms with van der Waals surface area (Å²) in [6, 6.07) is 5.35. The normalized spacial score (nSPS) is 11.8. The highest BCUT2D eigenvalue weighted by Crippen LogP contribution is 2.48. The fraction of sp³-hybridized carbons (Fsp3) is 0.0909. The van der Waals surface area contributed by atoms with Gasteiger partial charge in [-0.3, -0.25) is 0 Å². The Bertz CT molecular complexity index is 682. The van der Waals surface area contributed by atoms with Crippen LogP contribution >= 0.6 is 7.94 Å². The first-order valence-electron chi connectivity index (χ1n) is 4.96.